The number of aliphatic imine (C=N–C) groups is 1. The third-order valence-corrected chi connectivity index (χ3v) is 3.00. The summed E-state index contributed by atoms with van der Waals surface area (Å²) in [6.07, 6.45) is 1.74. The summed E-state index contributed by atoms with van der Waals surface area (Å²) in [6.45, 7) is 3.54. The molecular weight excluding hydrogens is 242 g/mol. The van der Waals surface area contributed by atoms with Crippen LogP contribution in [0.5, 0.6) is 5.75 Å². The molecular formula is C14H21N3O2. The molecule has 2 rings (SSSR count). The average molecular weight is 263 g/mol. The van der Waals surface area contributed by atoms with Crippen molar-refractivity contribution in [3.05, 3.63) is 18.2 Å². The van der Waals surface area contributed by atoms with Gasteiger partial charge >= 0.3 is 0 Å². The third kappa shape index (κ3) is 3.38. The van der Waals surface area contributed by atoms with Crippen LogP contribution in [0.25, 0.3) is 0 Å². The number of nitrogens with zero attached hydrogens (tertiary/aromatic N) is 1. The highest BCUT2D eigenvalue weighted by Crippen LogP contribution is 2.32. The minimum absolute atomic E-state index is 0.0307. The zero-order valence-corrected chi connectivity index (χ0v) is 11.5. The molecule has 0 radical (unpaired) electrons. The largest absolute Gasteiger partial charge is 0.480 e. The smallest absolute Gasteiger partial charge is 0.155 e. The molecule has 1 aromatic rings. The molecule has 0 saturated carbocycles. The van der Waals surface area contributed by atoms with E-state index < -0.39 is 0 Å². The Hall–Kier alpha value is -1.75. The lowest BCUT2D eigenvalue weighted by Crippen LogP contribution is -2.37. The van der Waals surface area contributed by atoms with Crippen LogP contribution in [0.4, 0.5) is 11.4 Å². The van der Waals surface area contributed by atoms with Crippen LogP contribution in [0.2, 0.25) is 0 Å². The fraction of sp³-hybridized carbons (Fsp3) is 0.500. The van der Waals surface area contributed by atoms with Crippen LogP contribution >= 0.6 is 0 Å². The Morgan fingerprint density at radius 2 is 2.32 bits per heavy atom. The number of fused-ring (bicyclic) bond motifs is 1. The number of benzene rings is 1. The first-order valence-electron chi connectivity index (χ1n) is 6.61. The van der Waals surface area contributed by atoms with E-state index in [1.807, 2.05) is 18.2 Å². The van der Waals surface area contributed by atoms with Crippen molar-refractivity contribution in [2.75, 3.05) is 31.3 Å². The van der Waals surface area contributed by atoms with Crippen molar-refractivity contribution < 1.29 is 9.47 Å². The number of nitrogens with two attached hydrogens (primary N) is 1. The predicted octanol–water partition coefficient (Wildman–Crippen LogP) is 2.29. The van der Waals surface area contributed by atoms with E-state index in [0.717, 1.165) is 43.3 Å². The van der Waals surface area contributed by atoms with Gasteiger partial charge in [0, 0.05) is 32.0 Å². The molecule has 0 fully saturated rings. The number of amidine groups is 1. The van der Waals surface area contributed by atoms with Crippen LogP contribution < -0.4 is 15.8 Å². The number of hydrogen-bond donors (Lipinski definition) is 2. The van der Waals surface area contributed by atoms with E-state index >= 15 is 0 Å². The zero-order chi connectivity index (χ0) is 13.7. The number of methoxy groups -OCH3 is 1. The van der Waals surface area contributed by atoms with Gasteiger partial charge < -0.3 is 20.5 Å². The quantitative estimate of drug-likeness (QED) is 0.631. The first-order chi connectivity index (χ1) is 9.24. The summed E-state index contributed by atoms with van der Waals surface area (Å²) in [5.74, 6) is 1.68. The lowest BCUT2D eigenvalue weighted by atomic mass is 10.1. The molecule has 0 bridgehead atoms. The third-order valence-electron chi connectivity index (χ3n) is 3.00. The maximum atomic E-state index is 5.93. The highest BCUT2D eigenvalue weighted by molar-refractivity contribution is 6.02. The van der Waals surface area contributed by atoms with Crippen LogP contribution in [0, 0.1) is 0 Å². The number of nitrogens with one attached hydrogen (secondary N) is 1. The van der Waals surface area contributed by atoms with Gasteiger partial charge in [0.2, 0.25) is 0 Å². The van der Waals surface area contributed by atoms with Gasteiger partial charge in [0.25, 0.3) is 0 Å². The van der Waals surface area contributed by atoms with E-state index in [9.17, 15) is 0 Å². The number of anilines is 2. The van der Waals surface area contributed by atoms with E-state index in [2.05, 4.69) is 17.2 Å². The van der Waals surface area contributed by atoms with Crippen molar-refractivity contribution in [3.63, 3.8) is 0 Å². The minimum atomic E-state index is -0.0307. The summed E-state index contributed by atoms with van der Waals surface area (Å²) < 4.78 is 10.9. The molecule has 0 saturated heterocycles. The number of nitrogen functional groups attached to an aromatic ring is 1. The Balaban J connectivity index is 2.10. The van der Waals surface area contributed by atoms with Crippen molar-refractivity contribution in [1.29, 1.82) is 0 Å². The maximum absolute atomic E-state index is 5.93. The van der Waals surface area contributed by atoms with Crippen molar-refractivity contribution in [2.24, 2.45) is 4.99 Å². The van der Waals surface area contributed by atoms with Gasteiger partial charge in [0.05, 0.1) is 5.69 Å². The molecule has 1 aliphatic heterocycles. The van der Waals surface area contributed by atoms with E-state index in [1.54, 1.807) is 7.11 Å². The topological polar surface area (TPSA) is 68.9 Å². The maximum Gasteiger partial charge on any atom is 0.155 e. The second-order valence-corrected chi connectivity index (χ2v) is 4.51. The summed E-state index contributed by atoms with van der Waals surface area (Å²) in [5.41, 5.74) is 7.39. The Bertz CT molecular complexity index is 460. The normalized spacial score (nSPS) is 19.7. The van der Waals surface area contributed by atoms with E-state index in [1.165, 1.54) is 0 Å². The standard InChI is InChI=1S/C14H21N3O2/c1-3-12-14(16-7-4-8-18-2)17-11-6-5-10(15)9-13(11)19-12/h5-6,9,12H,3-4,7-8,15H2,1-2H3,(H,16,17). The Morgan fingerprint density at radius 1 is 1.47 bits per heavy atom. The van der Waals surface area contributed by atoms with Crippen molar-refractivity contribution in [1.82, 2.24) is 0 Å². The molecule has 3 N–H and O–H groups in total. The molecule has 1 unspecified atom stereocenters. The van der Waals surface area contributed by atoms with Gasteiger partial charge in [-0.25, -0.2) is 0 Å². The van der Waals surface area contributed by atoms with Crippen LogP contribution in [-0.2, 0) is 4.74 Å². The summed E-state index contributed by atoms with van der Waals surface area (Å²) in [6, 6.07) is 5.61. The molecule has 1 aromatic carbocycles. The number of rotatable bonds is 5. The molecule has 0 aromatic heterocycles. The molecule has 19 heavy (non-hydrogen) atoms. The monoisotopic (exact) mass is 263 g/mol. The molecule has 0 aliphatic carbocycles. The Kier molecular flexibility index (Phi) is 4.63. The first kappa shape index (κ1) is 13.7. The molecule has 104 valence electrons. The summed E-state index contributed by atoms with van der Waals surface area (Å²) in [7, 11) is 1.70. The van der Waals surface area contributed by atoms with Crippen molar-refractivity contribution >= 4 is 17.2 Å². The zero-order valence-electron chi connectivity index (χ0n) is 11.5. The molecule has 1 heterocycles. The fourth-order valence-corrected chi connectivity index (χ4v) is 1.99. The molecule has 5 nitrogen and oxygen atoms in total. The van der Waals surface area contributed by atoms with Gasteiger partial charge in [0.1, 0.15) is 11.6 Å². The molecule has 0 amide bonds. The SMILES string of the molecule is CCC1Oc2cc(N)ccc2NC1=NCCCOC. The highest BCUT2D eigenvalue weighted by Gasteiger charge is 2.24. The first-order valence-corrected chi connectivity index (χ1v) is 6.61. The van der Waals surface area contributed by atoms with Crippen molar-refractivity contribution in [3.8, 4) is 5.75 Å². The lowest BCUT2D eigenvalue weighted by molar-refractivity contribution is 0.196. The summed E-state index contributed by atoms with van der Waals surface area (Å²) in [5, 5.41) is 3.33. The Morgan fingerprint density at radius 3 is 3.05 bits per heavy atom. The van der Waals surface area contributed by atoms with Gasteiger partial charge in [-0.2, -0.15) is 0 Å². The molecule has 1 atom stereocenters. The van der Waals surface area contributed by atoms with Gasteiger partial charge in [-0.05, 0) is 25.0 Å². The predicted molar refractivity (Wildman–Crippen MR) is 78.0 cm³/mol. The van der Waals surface area contributed by atoms with E-state index in [-0.39, 0.29) is 6.10 Å². The Labute approximate surface area is 113 Å². The average Bonchev–Trinajstić information content (AvgIpc) is 2.42. The van der Waals surface area contributed by atoms with Crippen molar-refractivity contribution in [2.45, 2.75) is 25.9 Å². The molecule has 1 aliphatic rings. The highest BCUT2D eigenvalue weighted by atomic mass is 16.5. The molecule has 0 spiro atoms. The van der Waals surface area contributed by atoms with Crippen LogP contribution in [0.1, 0.15) is 19.8 Å². The van der Waals surface area contributed by atoms with Gasteiger partial charge in [-0.15, -0.1) is 0 Å². The van der Waals surface area contributed by atoms with E-state index in [4.69, 9.17) is 15.2 Å². The minimum Gasteiger partial charge on any atom is -0.480 e. The summed E-state index contributed by atoms with van der Waals surface area (Å²) in [4.78, 5) is 4.56. The lowest BCUT2D eigenvalue weighted by Gasteiger charge is -2.28. The van der Waals surface area contributed by atoms with Gasteiger partial charge in [-0.3, -0.25) is 4.99 Å². The van der Waals surface area contributed by atoms with Crippen LogP contribution in [0.3, 0.4) is 0 Å². The van der Waals surface area contributed by atoms with Crippen LogP contribution in [0.15, 0.2) is 23.2 Å². The van der Waals surface area contributed by atoms with E-state index in [0.29, 0.717) is 5.69 Å². The van der Waals surface area contributed by atoms with Gasteiger partial charge in [-0.1, -0.05) is 6.92 Å². The van der Waals surface area contributed by atoms with Gasteiger partial charge in [0.15, 0.2) is 6.10 Å². The summed E-state index contributed by atoms with van der Waals surface area (Å²) >= 11 is 0. The number of ether oxygens (including phenoxy) is 2. The fourth-order valence-electron chi connectivity index (χ4n) is 1.99. The van der Waals surface area contributed by atoms with Crippen LogP contribution in [-0.4, -0.2) is 32.2 Å². The number of hydrogen-bond acceptors (Lipinski definition) is 4. The second-order valence-electron chi connectivity index (χ2n) is 4.51. The molecule has 5 heteroatoms. The second kappa shape index (κ2) is 6.43.